The molecule has 0 aromatic heterocycles. The molecule has 124 valence electrons. The summed E-state index contributed by atoms with van der Waals surface area (Å²) in [4.78, 5) is 2.77. The maximum absolute atomic E-state index is 3.78. The first-order chi connectivity index (χ1) is 10.0. The molecule has 1 aliphatic heterocycles. The van der Waals surface area contributed by atoms with Crippen LogP contribution in [0.3, 0.4) is 0 Å². The van der Waals surface area contributed by atoms with E-state index in [1.807, 2.05) is 0 Å². The molecule has 1 saturated carbocycles. The molecule has 1 heterocycles. The molecule has 0 amide bonds. The van der Waals surface area contributed by atoms with Crippen LogP contribution in [0.15, 0.2) is 0 Å². The van der Waals surface area contributed by atoms with Crippen LogP contribution in [0.5, 0.6) is 0 Å². The first-order valence-electron chi connectivity index (χ1n) is 9.47. The summed E-state index contributed by atoms with van der Waals surface area (Å²) in [5, 5.41) is 3.78. The highest BCUT2D eigenvalue weighted by Gasteiger charge is 2.33. The fraction of sp³-hybridized carbons (Fsp3) is 1.00. The van der Waals surface area contributed by atoms with Gasteiger partial charge >= 0.3 is 0 Å². The normalized spacial score (nSPS) is 38.9. The minimum Gasteiger partial charge on any atom is -0.314 e. The molecular formula is C19H38N2. The molecule has 0 spiro atoms. The smallest absolute Gasteiger partial charge is 0.0108 e. The van der Waals surface area contributed by atoms with Crippen molar-refractivity contribution in [1.29, 1.82) is 0 Å². The van der Waals surface area contributed by atoms with Crippen molar-refractivity contribution in [2.75, 3.05) is 26.2 Å². The van der Waals surface area contributed by atoms with Gasteiger partial charge in [-0.05, 0) is 68.4 Å². The molecule has 0 aromatic carbocycles. The van der Waals surface area contributed by atoms with Crippen molar-refractivity contribution in [2.45, 2.75) is 66.3 Å². The summed E-state index contributed by atoms with van der Waals surface area (Å²) in [5.41, 5.74) is 0. The van der Waals surface area contributed by atoms with Gasteiger partial charge in [0.05, 0.1) is 0 Å². The highest BCUT2D eigenvalue weighted by atomic mass is 15.1. The second-order valence-corrected chi connectivity index (χ2v) is 8.24. The van der Waals surface area contributed by atoms with Crippen LogP contribution in [0.2, 0.25) is 0 Å². The van der Waals surface area contributed by atoms with Crippen molar-refractivity contribution in [3.8, 4) is 0 Å². The van der Waals surface area contributed by atoms with E-state index in [1.54, 1.807) is 0 Å². The number of rotatable bonds is 5. The van der Waals surface area contributed by atoms with Gasteiger partial charge in [0, 0.05) is 19.1 Å². The van der Waals surface area contributed by atoms with Crippen LogP contribution in [-0.2, 0) is 0 Å². The maximum atomic E-state index is 3.78. The van der Waals surface area contributed by atoms with Crippen molar-refractivity contribution in [1.82, 2.24) is 10.2 Å². The molecule has 5 atom stereocenters. The molecule has 1 aliphatic carbocycles. The third-order valence-corrected chi connectivity index (χ3v) is 6.34. The Morgan fingerprint density at radius 1 is 1.10 bits per heavy atom. The van der Waals surface area contributed by atoms with Crippen molar-refractivity contribution in [3.05, 3.63) is 0 Å². The number of likely N-dealkylation sites (tertiary alicyclic amines) is 1. The fourth-order valence-corrected chi connectivity index (χ4v) is 4.49. The van der Waals surface area contributed by atoms with Gasteiger partial charge in [-0.2, -0.15) is 0 Å². The average Bonchev–Trinajstić information content (AvgIpc) is 2.45. The predicted molar refractivity (Wildman–Crippen MR) is 92.5 cm³/mol. The molecule has 0 aromatic rings. The number of piperidine rings is 1. The quantitative estimate of drug-likeness (QED) is 0.824. The van der Waals surface area contributed by atoms with E-state index in [4.69, 9.17) is 0 Å². The van der Waals surface area contributed by atoms with E-state index in [-0.39, 0.29) is 0 Å². The summed E-state index contributed by atoms with van der Waals surface area (Å²) in [7, 11) is 0. The molecule has 2 nitrogen and oxygen atoms in total. The Morgan fingerprint density at radius 2 is 1.86 bits per heavy atom. The third kappa shape index (κ3) is 4.69. The van der Waals surface area contributed by atoms with Gasteiger partial charge in [-0.1, -0.05) is 34.6 Å². The standard InChI is InChI=1S/C19H38N2/c1-6-20-19-8-7-17(14(2)3)11-18(19)13-21-10-9-15(4)16(5)12-21/h14-20H,6-13H2,1-5H3. The van der Waals surface area contributed by atoms with E-state index in [2.05, 4.69) is 44.8 Å². The lowest BCUT2D eigenvalue weighted by Gasteiger charge is -2.43. The minimum atomic E-state index is 0.764. The SMILES string of the molecule is CCNC1CCC(C(C)C)CC1CN1CCC(C)C(C)C1. The Morgan fingerprint density at radius 3 is 2.48 bits per heavy atom. The molecule has 0 bridgehead atoms. The van der Waals surface area contributed by atoms with E-state index in [9.17, 15) is 0 Å². The summed E-state index contributed by atoms with van der Waals surface area (Å²) in [6.45, 7) is 17.1. The summed E-state index contributed by atoms with van der Waals surface area (Å²) < 4.78 is 0. The highest BCUT2D eigenvalue weighted by molar-refractivity contribution is 4.88. The first kappa shape index (κ1) is 17.3. The van der Waals surface area contributed by atoms with Gasteiger partial charge in [-0.25, -0.2) is 0 Å². The molecule has 2 rings (SSSR count). The summed E-state index contributed by atoms with van der Waals surface area (Å²) in [5.74, 6) is 4.47. The molecule has 21 heavy (non-hydrogen) atoms. The Bertz CT molecular complexity index is 302. The van der Waals surface area contributed by atoms with Gasteiger partial charge in [0.15, 0.2) is 0 Å². The van der Waals surface area contributed by atoms with Crippen LogP contribution in [-0.4, -0.2) is 37.1 Å². The number of hydrogen-bond acceptors (Lipinski definition) is 2. The van der Waals surface area contributed by atoms with Crippen LogP contribution in [0, 0.1) is 29.6 Å². The van der Waals surface area contributed by atoms with Crippen LogP contribution in [0.25, 0.3) is 0 Å². The van der Waals surface area contributed by atoms with Crippen LogP contribution in [0.4, 0.5) is 0 Å². The Hall–Kier alpha value is -0.0800. The first-order valence-corrected chi connectivity index (χ1v) is 9.47. The summed E-state index contributed by atoms with van der Waals surface area (Å²) in [6, 6.07) is 0.764. The third-order valence-electron chi connectivity index (χ3n) is 6.34. The Kier molecular flexibility index (Phi) is 6.55. The van der Waals surface area contributed by atoms with Crippen LogP contribution in [0.1, 0.15) is 60.3 Å². The van der Waals surface area contributed by atoms with Gasteiger partial charge in [-0.3, -0.25) is 0 Å². The highest BCUT2D eigenvalue weighted by Crippen LogP contribution is 2.35. The summed E-state index contributed by atoms with van der Waals surface area (Å²) >= 11 is 0. The maximum Gasteiger partial charge on any atom is 0.0108 e. The van der Waals surface area contributed by atoms with Gasteiger partial charge in [0.2, 0.25) is 0 Å². The van der Waals surface area contributed by atoms with Gasteiger partial charge in [0.25, 0.3) is 0 Å². The van der Waals surface area contributed by atoms with Gasteiger partial charge < -0.3 is 10.2 Å². The molecule has 2 fully saturated rings. The lowest BCUT2D eigenvalue weighted by Crippen LogP contribution is -2.49. The lowest BCUT2D eigenvalue weighted by atomic mass is 9.73. The molecule has 2 heteroatoms. The van der Waals surface area contributed by atoms with Gasteiger partial charge in [0.1, 0.15) is 0 Å². The van der Waals surface area contributed by atoms with E-state index >= 15 is 0 Å². The zero-order valence-electron chi connectivity index (χ0n) is 15.1. The molecule has 2 aliphatic rings. The lowest BCUT2D eigenvalue weighted by molar-refractivity contribution is 0.0805. The Labute approximate surface area is 133 Å². The van der Waals surface area contributed by atoms with Crippen LogP contribution >= 0.6 is 0 Å². The van der Waals surface area contributed by atoms with E-state index in [1.165, 1.54) is 45.3 Å². The van der Waals surface area contributed by atoms with E-state index < -0.39 is 0 Å². The predicted octanol–water partition coefficient (Wildman–Crippen LogP) is 4.01. The summed E-state index contributed by atoms with van der Waals surface area (Å²) in [6.07, 6.45) is 5.66. The van der Waals surface area contributed by atoms with Gasteiger partial charge in [-0.15, -0.1) is 0 Å². The molecule has 5 unspecified atom stereocenters. The van der Waals surface area contributed by atoms with Crippen LogP contribution < -0.4 is 5.32 Å². The molecule has 1 N–H and O–H groups in total. The number of nitrogens with zero attached hydrogens (tertiary/aromatic N) is 1. The zero-order chi connectivity index (χ0) is 15.4. The monoisotopic (exact) mass is 294 g/mol. The zero-order valence-corrected chi connectivity index (χ0v) is 15.1. The van der Waals surface area contributed by atoms with E-state index in [0.29, 0.717) is 0 Å². The van der Waals surface area contributed by atoms with Crippen molar-refractivity contribution in [2.24, 2.45) is 29.6 Å². The second kappa shape index (κ2) is 7.97. The minimum absolute atomic E-state index is 0.764. The van der Waals surface area contributed by atoms with Crippen molar-refractivity contribution >= 4 is 0 Å². The number of nitrogens with one attached hydrogen (secondary N) is 1. The number of hydrogen-bond donors (Lipinski definition) is 1. The van der Waals surface area contributed by atoms with Crippen molar-refractivity contribution < 1.29 is 0 Å². The largest absolute Gasteiger partial charge is 0.314 e. The Balaban J connectivity index is 1.92. The van der Waals surface area contributed by atoms with E-state index in [0.717, 1.165) is 42.2 Å². The molecule has 0 radical (unpaired) electrons. The average molecular weight is 295 g/mol. The topological polar surface area (TPSA) is 15.3 Å². The van der Waals surface area contributed by atoms with Crippen molar-refractivity contribution in [3.63, 3.8) is 0 Å². The molecule has 1 saturated heterocycles. The second-order valence-electron chi connectivity index (χ2n) is 8.24. The fourth-order valence-electron chi connectivity index (χ4n) is 4.49. The molecular weight excluding hydrogens is 256 g/mol.